The van der Waals surface area contributed by atoms with Gasteiger partial charge in [0.1, 0.15) is 11.3 Å². The lowest BCUT2D eigenvalue weighted by atomic mass is 10.1. The van der Waals surface area contributed by atoms with Crippen molar-refractivity contribution >= 4 is 43.5 Å². The van der Waals surface area contributed by atoms with Crippen LogP contribution in [0.2, 0.25) is 0 Å². The molecule has 4 aromatic rings. The fourth-order valence-electron chi connectivity index (χ4n) is 3.36. The molecule has 0 radical (unpaired) electrons. The highest BCUT2D eigenvalue weighted by Crippen LogP contribution is 2.37. The maximum atomic E-state index is 13.6. The molecule has 1 N–H and O–H groups in total. The number of aromatic amines is 1. The van der Waals surface area contributed by atoms with E-state index in [0.29, 0.717) is 17.2 Å². The van der Waals surface area contributed by atoms with Crippen molar-refractivity contribution in [2.75, 3.05) is 39.2 Å². The minimum atomic E-state index is -0.0556. The molecule has 7 heteroatoms. The average Bonchev–Trinajstić information content (AvgIpc) is 3.33. The number of nitrogens with zero attached hydrogens (tertiary/aromatic N) is 3. The number of fused-ring (bicyclic) bond motifs is 2. The molecule has 0 saturated carbocycles. The zero-order valence-corrected chi connectivity index (χ0v) is 17.8. The lowest BCUT2D eigenvalue weighted by Crippen LogP contribution is -2.36. The maximum Gasteiger partial charge on any atom is 0.262 e. The van der Waals surface area contributed by atoms with E-state index in [4.69, 9.17) is 9.72 Å². The van der Waals surface area contributed by atoms with Crippen molar-refractivity contribution in [1.82, 2.24) is 14.9 Å². The Morgan fingerprint density at radius 3 is 2.72 bits per heavy atom. The van der Waals surface area contributed by atoms with Gasteiger partial charge in [-0.1, -0.05) is 35.6 Å². The van der Waals surface area contributed by atoms with E-state index in [1.165, 1.54) is 11.3 Å². The Morgan fingerprint density at radius 1 is 1.17 bits per heavy atom. The normalized spacial score (nSPS) is 11.5. The zero-order valence-electron chi connectivity index (χ0n) is 17.0. The number of para-hydroxylation sites is 1. The standard InChI is InChI=1S/C22H24N4O2S/c1-14-9-10-18(28-4)19-20(14)29-22(24-19)26(12-11-25(2)3)21(27)16-13-23-17-8-6-5-7-15(16)17/h5-10,13,23H,11-12H2,1-4H3. The Hall–Kier alpha value is -2.90. The average molecular weight is 409 g/mol. The van der Waals surface area contributed by atoms with E-state index in [2.05, 4.69) is 16.8 Å². The number of hydrogen-bond donors (Lipinski definition) is 1. The van der Waals surface area contributed by atoms with Gasteiger partial charge in [0.15, 0.2) is 5.13 Å². The molecule has 2 aromatic heterocycles. The molecular weight excluding hydrogens is 384 g/mol. The Labute approximate surface area is 173 Å². The van der Waals surface area contributed by atoms with Crippen LogP contribution < -0.4 is 9.64 Å². The van der Waals surface area contributed by atoms with Gasteiger partial charge in [-0.25, -0.2) is 4.98 Å². The molecule has 0 atom stereocenters. The number of hydrogen-bond acceptors (Lipinski definition) is 5. The predicted molar refractivity (Wildman–Crippen MR) is 119 cm³/mol. The number of aromatic nitrogens is 2. The Kier molecular flexibility index (Phi) is 5.25. The van der Waals surface area contributed by atoms with E-state index in [0.717, 1.165) is 39.0 Å². The number of likely N-dealkylation sites (N-methyl/N-ethyl adjacent to an activating group) is 1. The summed E-state index contributed by atoms with van der Waals surface area (Å²) in [4.78, 5) is 25.4. The highest BCUT2D eigenvalue weighted by atomic mass is 32.1. The molecule has 2 aromatic carbocycles. The number of carbonyl (C=O) groups excluding carboxylic acids is 1. The molecule has 1 amide bonds. The fraction of sp³-hybridized carbons (Fsp3) is 0.273. The Morgan fingerprint density at radius 2 is 1.97 bits per heavy atom. The van der Waals surface area contributed by atoms with E-state index < -0.39 is 0 Å². The molecule has 0 aliphatic carbocycles. The fourth-order valence-corrected chi connectivity index (χ4v) is 4.43. The van der Waals surface area contributed by atoms with Crippen LogP contribution in [0.3, 0.4) is 0 Å². The first-order valence-electron chi connectivity index (χ1n) is 9.46. The molecular formula is C22H24N4O2S. The van der Waals surface area contributed by atoms with Crippen LogP contribution in [0.15, 0.2) is 42.6 Å². The monoisotopic (exact) mass is 408 g/mol. The molecule has 150 valence electrons. The van der Waals surface area contributed by atoms with Gasteiger partial charge in [-0.3, -0.25) is 9.69 Å². The van der Waals surface area contributed by atoms with Gasteiger partial charge in [-0.15, -0.1) is 0 Å². The molecule has 0 saturated heterocycles. The summed E-state index contributed by atoms with van der Waals surface area (Å²) in [5, 5.41) is 1.60. The van der Waals surface area contributed by atoms with Crippen LogP contribution in [0.25, 0.3) is 21.1 Å². The number of nitrogens with one attached hydrogen (secondary N) is 1. The predicted octanol–water partition coefficient (Wildman–Crippen LogP) is 4.30. The summed E-state index contributed by atoms with van der Waals surface area (Å²) in [5.41, 5.74) is 3.53. The van der Waals surface area contributed by atoms with Gasteiger partial charge in [0.2, 0.25) is 0 Å². The number of amides is 1. The number of aryl methyl sites for hydroxylation is 1. The number of ether oxygens (including phenoxy) is 1. The van der Waals surface area contributed by atoms with Crippen LogP contribution in [0.5, 0.6) is 5.75 Å². The van der Waals surface area contributed by atoms with Crippen LogP contribution >= 0.6 is 11.3 Å². The third-order valence-corrected chi connectivity index (χ3v) is 6.19. The number of H-pyrrole nitrogens is 1. The van der Waals surface area contributed by atoms with Crippen molar-refractivity contribution in [3.05, 3.63) is 53.7 Å². The van der Waals surface area contributed by atoms with Crippen LogP contribution in [0, 0.1) is 6.92 Å². The molecule has 0 aliphatic rings. The highest BCUT2D eigenvalue weighted by molar-refractivity contribution is 7.22. The van der Waals surface area contributed by atoms with Gasteiger partial charge in [-0.2, -0.15) is 0 Å². The summed E-state index contributed by atoms with van der Waals surface area (Å²) in [5.74, 6) is 0.667. The molecule has 0 fully saturated rings. The van der Waals surface area contributed by atoms with Crippen molar-refractivity contribution in [2.24, 2.45) is 0 Å². The summed E-state index contributed by atoms with van der Waals surface area (Å²) in [6.45, 7) is 3.34. The number of benzene rings is 2. The van der Waals surface area contributed by atoms with E-state index >= 15 is 0 Å². The van der Waals surface area contributed by atoms with Crippen molar-refractivity contribution in [1.29, 1.82) is 0 Å². The van der Waals surface area contributed by atoms with Crippen LogP contribution in [0.1, 0.15) is 15.9 Å². The van der Waals surface area contributed by atoms with Crippen molar-refractivity contribution in [3.63, 3.8) is 0 Å². The second-order valence-corrected chi connectivity index (χ2v) is 8.24. The summed E-state index contributed by atoms with van der Waals surface area (Å²) < 4.78 is 6.53. The van der Waals surface area contributed by atoms with Gasteiger partial charge in [0.25, 0.3) is 5.91 Å². The van der Waals surface area contributed by atoms with Crippen molar-refractivity contribution < 1.29 is 9.53 Å². The number of thiazole rings is 1. The van der Waals surface area contributed by atoms with Gasteiger partial charge in [0, 0.05) is 30.2 Å². The van der Waals surface area contributed by atoms with E-state index in [9.17, 15) is 4.79 Å². The van der Waals surface area contributed by atoms with Crippen LogP contribution in [-0.4, -0.2) is 55.1 Å². The van der Waals surface area contributed by atoms with Gasteiger partial charge in [-0.05, 0) is 38.7 Å². The maximum absolute atomic E-state index is 13.6. The molecule has 0 unspecified atom stereocenters. The molecule has 0 aliphatic heterocycles. The summed E-state index contributed by atoms with van der Waals surface area (Å²) in [6, 6.07) is 11.8. The van der Waals surface area contributed by atoms with Crippen LogP contribution in [-0.2, 0) is 0 Å². The number of anilines is 1. The van der Waals surface area contributed by atoms with Gasteiger partial charge in [0.05, 0.1) is 17.4 Å². The molecule has 4 rings (SSSR count). The smallest absolute Gasteiger partial charge is 0.262 e. The quantitative estimate of drug-likeness (QED) is 0.517. The van der Waals surface area contributed by atoms with E-state index in [-0.39, 0.29) is 5.91 Å². The first kappa shape index (κ1) is 19.4. The van der Waals surface area contributed by atoms with Gasteiger partial charge < -0.3 is 14.6 Å². The van der Waals surface area contributed by atoms with Crippen molar-refractivity contribution in [3.8, 4) is 5.75 Å². The zero-order chi connectivity index (χ0) is 20.5. The van der Waals surface area contributed by atoms with E-state index in [1.54, 1.807) is 18.2 Å². The SMILES string of the molecule is COc1ccc(C)c2sc(N(CCN(C)C)C(=O)c3c[nH]c4ccccc34)nc12. The van der Waals surface area contributed by atoms with Gasteiger partial charge >= 0.3 is 0 Å². The lowest BCUT2D eigenvalue weighted by molar-refractivity contribution is 0.0987. The lowest BCUT2D eigenvalue weighted by Gasteiger charge is -2.21. The molecule has 0 spiro atoms. The largest absolute Gasteiger partial charge is 0.494 e. The Bertz CT molecular complexity index is 1180. The van der Waals surface area contributed by atoms with Crippen molar-refractivity contribution in [2.45, 2.75) is 6.92 Å². The minimum absolute atomic E-state index is 0.0556. The highest BCUT2D eigenvalue weighted by Gasteiger charge is 2.24. The second-order valence-electron chi connectivity index (χ2n) is 7.27. The summed E-state index contributed by atoms with van der Waals surface area (Å²) >= 11 is 1.53. The Balaban J connectivity index is 1.81. The molecule has 2 heterocycles. The third-order valence-electron chi connectivity index (χ3n) is 4.98. The number of carbonyl (C=O) groups is 1. The summed E-state index contributed by atoms with van der Waals surface area (Å²) in [6.07, 6.45) is 1.79. The molecule has 29 heavy (non-hydrogen) atoms. The number of methoxy groups -OCH3 is 1. The minimum Gasteiger partial charge on any atom is -0.494 e. The summed E-state index contributed by atoms with van der Waals surface area (Å²) in [7, 11) is 5.64. The third kappa shape index (κ3) is 3.59. The van der Waals surface area contributed by atoms with E-state index in [1.807, 2.05) is 50.5 Å². The first-order chi connectivity index (χ1) is 14.0. The first-order valence-corrected chi connectivity index (χ1v) is 10.3. The van der Waals surface area contributed by atoms with Crippen LogP contribution in [0.4, 0.5) is 5.13 Å². The molecule has 0 bridgehead atoms. The molecule has 6 nitrogen and oxygen atoms in total. The number of rotatable bonds is 6. The topological polar surface area (TPSA) is 61.5 Å². The second kappa shape index (κ2) is 7.85.